The number of nitrogens with one attached hydrogen (secondary N) is 2. The van der Waals surface area contributed by atoms with Gasteiger partial charge >= 0.3 is 0 Å². The summed E-state index contributed by atoms with van der Waals surface area (Å²) in [6.45, 7) is 1.66. The van der Waals surface area contributed by atoms with E-state index < -0.39 is 0 Å². The zero-order valence-corrected chi connectivity index (χ0v) is 14.3. The predicted octanol–water partition coefficient (Wildman–Crippen LogP) is 2.40. The van der Waals surface area contributed by atoms with Crippen LogP contribution in [0.3, 0.4) is 0 Å². The van der Waals surface area contributed by atoms with Crippen molar-refractivity contribution < 1.29 is 9.59 Å². The molecule has 1 aliphatic rings. The quantitative estimate of drug-likeness (QED) is 0.884. The van der Waals surface area contributed by atoms with E-state index in [4.69, 9.17) is 11.6 Å². The average molecular weight is 346 g/mol. The van der Waals surface area contributed by atoms with Crippen molar-refractivity contribution in [1.29, 1.82) is 0 Å². The van der Waals surface area contributed by atoms with E-state index in [1.54, 1.807) is 32.3 Å². The molecule has 2 rings (SSSR count). The number of nitrogens with zero attached hydrogens (tertiary/aromatic N) is 1. The van der Waals surface area contributed by atoms with Gasteiger partial charge in [0.05, 0.1) is 16.5 Å². The van der Waals surface area contributed by atoms with Crippen LogP contribution < -0.4 is 10.6 Å². The molecule has 1 fully saturated rings. The van der Waals surface area contributed by atoms with Crippen molar-refractivity contribution >= 4 is 41.5 Å². The Bertz CT molecular complexity index is 544. The summed E-state index contributed by atoms with van der Waals surface area (Å²) >= 11 is 6.05. The van der Waals surface area contributed by atoms with Crippen molar-refractivity contribution in [3.8, 4) is 0 Å². The number of hydrogen-bond donors (Lipinski definition) is 2. The lowest BCUT2D eigenvalue weighted by molar-refractivity contribution is -0.120. The topological polar surface area (TPSA) is 61.4 Å². The summed E-state index contributed by atoms with van der Waals surface area (Å²) in [6, 6.07) is 4.97. The van der Waals surface area contributed by atoms with Gasteiger partial charge in [-0.25, -0.2) is 0 Å². The van der Waals surface area contributed by atoms with Crippen molar-refractivity contribution in [1.82, 2.24) is 10.2 Å². The minimum absolute atomic E-state index is 0. The van der Waals surface area contributed by atoms with E-state index >= 15 is 0 Å². The Morgan fingerprint density at radius 2 is 2.09 bits per heavy atom. The fourth-order valence-electron chi connectivity index (χ4n) is 2.33. The van der Waals surface area contributed by atoms with E-state index in [1.165, 1.54) is 4.90 Å². The first-order chi connectivity index (χ1) is 9.99. The maximum absolute atomic E-state index is 12.2. The summed E-state index contributed by atoms with van der Waals surface area (Å²) in [4.78, 5) is 25.7. The highest BCUT2D eigenvalue weighted by molar-refractivity contribution is 6.34. The van der Waals surface area contributed by atoms with Crippen LogP contribution in [0.5, 0.6) is 0 Å². The van der Waals surface area contributed by atoms with Crippen LogP contribution in [0.2, 0.25) is 5.02 Å². The maximum Gasteiger partial charge on any atom is 0.254 e. The van der Waals surface area contributed by atoms with Crippen LogP contribution in [0.1, 0.15) is 23.2 Å². The molecule has 1 aliphatic heterocycles. The minimum atomic E-state index is -0.185. The fraction of sp³-hybridized carbons (Fsp3) is 0.467. The minimum Gasteiger partial charge on any atom is -0.345 e. The van der Waals surface area contributed by atoms with Crippen molar-refractivity contribution in [3.63, 3.8) is 0 Å². The molecule has 0 aliphatic carbocycles. The molecule has 5 nitrogen and oxygen atoms in total. The Morgan fingerprint density at radius 3 is 2.68 bits per heavy atom. The van der Waals surface area contributed by atoms with Gasteiger partial charge in [0.1, 0.15) is 0 Å². The average Bonchev–Trinajstić information content (AvgIpc) is 2.49. The molecule has 0 saturated carbocycles. The number of benzene rings is 1. The van der Waals surface area contributed by atoms with Gasteiger partial charge in [0.25, 0.3) is 5.91 Å². The molecule has 122 valence electrons. The van der Waals surface area contributed by atoms with Crippen molar-refractivity contribution in [2.45, 2.75) is 12.8 Å². The van der Waals surface area contributed by atoms with Crippen molar-refractivity contribution in [3.05, 3.63) is 28.8 Å². The Balaban J connectivity index is 0.00000242. The molecule has 1 heterocycles. The first-order valence-electron chi connectivity index (χ1n) is 7.02. The maximum atomic E-state index is 12.2. The van der Waals surface area contributed by atoms with Crippen LogP contribution in [0.15, 0.2) is 18.2 Å². The van der Waals surface area contributed by atoms with E-state index in [9.17, 15) is 9.59 Å². The molecule has 0 aromatic heterocycles. The van der Waals surface area contributed by atoms with Gasteiger partial charge in [0, 0.05) is 26.3 Å². The molecule has 1 atom stereocenters. The number of rotatable bonds is 3. The standard InChI is InChI=1S/C15H20ClN3O2.ClH/c1-19(2)15(21)12-8-11(5-6-13(12)16)18-14(20)10-4-3-7-17-9-10;/h5-6,8,10,17H,3-4,7,9H2,1-2H3,(H,18,20);1H. The van der Waals surface area contributed by atoms with Crippen molar-refractivity contribution in [2.24, 2.45) is 5.92 Å². The lowest BCUT2D eigenvalue weighted by Gasteiger charge is -2.22. The van der Waals surface area contributed by atoms with Crippen molar-refractivity contribution in [2.75, 3.05) is 32.5 Å². The largest absolute Gasteiger partial charge is 0.345 e. The summed E-state index contributed by atoms with van der Waals surface area (Å²) in [5.74, 6) is -0.231. The van der Waals surface area contributed by atoms with E-state index in [1.807, 2.05) is 0 Å². The Morgan fingerprint density at radius 1 is 1.36 bits per heavy atom. The van der Waals surface area contributed by atoms with Gasteiger partial charge in [-0.2, -0.15) is 0 Å². The third-order valence-electron chi connectivity index (χ3n) is 3.54. The van der Waals surface area contributed by atoms with Gasteiger partial charge in [0.2, 0.25) is 5.91 Å². The summed E-state index contributed by atoms with van der Waals surface area (Å²) in [7, 11) is 3.33. The van der Waals surface area contributed by atoms with Gasteiger partial charge in [-0.1, -0.05) is 11.6 Å². The molecule has 0 radical (unpaired) electrons. The van der Waals surface area contributed by atoms with Gasteiger partial charge in [0.15, 0.2) is 0 Å². The van der Waals surface area contributed by atoms with E-state index in [2.05, 4.69) is 10.6 Å². The summed E-state index contributed by atoms with van der Waals surface area (Å²) in [6.07, 6.45) is 1.89. The third-order valence-corrected chi connectivity index (χ3v) is 3.87. The predicted molar refractivity (Wildman–Crippen MR) is 90.9 cm³/mol. The second-order valence-electron chi connectivity index (χ2n) is 5.43. The fourth-order valence-corrected chi connectivity index (χ4v) is 2.53. The zero-order valence-electron chi connectivity index (χ0n) is 12.7. The highest BCUT2D eigenvalue weighted by Crippen LogP contribution is 2.22. The van der Waals surface area contributed by atoms with Gasteiger partial charge in [-0.3, -0.25) is 9.59 Å². The highest BCUT2D eigenvalue weighted by Gasteiger charge is 2.21. The summed E-state index contributed by atoms with van der Waals surface area (Å²) in [5, 5.41) is 6.46. The lowest BCUT2D eigenvalue weighted by atomic mass is 9.98. The smallest absolute Gasteiger partial charge is 0.254 e. The van der Waals surface area contributed by atoms with Crippen LogP contribution >= 0.6 is 24.0 Å². The zero-order chi connectivity index (χ0) is 15.4. The molecular weight excluding hydrogens is 325 g/mol. The molecule has 2 amide bonds. The molecular formula is C15H21Cl2N3O2. The van der Waals surface area contributed by atoms with Crippen LogP contribution in [-0.2, 0) is 4.79 Å². The Kier molecular flexibility index (Phi) is 7.13. The Labute approximate surface area is 141 Å². The molecule has 22 heavy (non-hydrogen) atoms. The molecule has 2 N–H and O–H groups in total. The number of hydrogen-bond acceptors (Lipinski definition) is 3. The summed E-state index contributed by atoms with van der Waals surface area (Å²) in [5.41, 5.74) is 0.987. The van der Waals surface area contributed by atoms with E-state index in [-0.39, 0.29) is 30.1 Å². The number of halogens is 2. The SMILES string of the molecule is CN(C)C(=O)c1cc(NC(=O)C2CCCNC2)ccc1Cl.Cl. The van der Waals surface area contributed by atoms with Gasteiger partial charge in [-0.15, -0.1) is 12.4 Å². The third kappa shape index (κ3) is 4.60. The van der Waals surface area contributed by atoms with Crippen LogP contribution in [0, 0.1) is 5.92 Å². The van der Waals surface area contributed by atoms with Gasteiger partial charge in [-0.05, 0) is 37.6 Å². The molecule has 1 unspecified atom stereocenters. The van der Waals surface area contributed by atoms with Crippen LogP contribution in [0.4, 0.5) is 5.69 Å². The monoisotopic (exact) mass is 345 g/mol. The van der Waals surface area contributed by atoms with E-state index in [0.29, 0.717) is 22.8 Å². The number of piperidine rings is 1. The number of carbonyl (C=O) groups is 2. The summed E-state index contributed by atoms with van der Waals surface area (Å²) < 4.78 is 0. The van der Waals surface area contributed by atoms with Crippen LogP contribution in [-0.4, -0.2) is 43.9 Å². The first kappa shape index (κ1) is 18.7. The lowest BCUT2D eigenvalue weighted by Crippen LogP contribution is -2.37. The molecule has 1 aromatic carbocycles. The number of carbonyl (C=O) groups excluding carboxylic acids is 2. The second kappa shape index (κ2) is 8.36. The van der Waals surface area contributed by atoms with Crippen LogP contribution in [0.25, 0.3) is 0 Å². The molecule has 0 bridgehead atoms. The van der Waals surface area contributed by atoms with Gasteiger partial charge < -0.3 is 15.5 Å². The van der Waals surface area contributed by atoms with E-state index in [0.717, 1.165) is 19.4 Å². The Hall–Kier alpha value is -1.30. The molecule has 0 spiro atoms. The molecule has 1 saturated heterocycles. The normalized spacial score (nSPS) is 17.3. The second-order valence-corrected chi connectivity index (χ2v) is 5.83. The molecule has 1 aromatic rings. The first-order valence-corrected chi connectivity index (χ1v) is 7.39. The number of anilines is 1. The number of amides is 2. The molecule has 7 heteroatoms. The highest BCUT2D eigenvalue weighted by atomic mass is 35.5.